The molecule has 0 amide bonds. The number of nitrogens with one attached hydrogen (secondary N) is 1. The second kappa shape index (κ2) is 6.99. The molecule has 0 bridgehead atoms. The summed E-state index contributed by atoms with van der Waals surface area (Å²) in [5, 5.41) is 10.2. The molecule has 2 heterocycles. The largest absolute Gasteiger partial charge is 0.497 e. The van der Waals surface area contributed by atoms with Crippen molar-refractivity contribution in [1.82, 2.24) is 14.5 Å². The maximum absolute atomic E-state index is 11.0. The molecular weight excluding hydrogens is 342 g/mol. The quantitative estimate of drug-likeness (QED) is 0.549. The Labute approximate surface area is 156 Å². The van der Waals surface area contributed by atoms with Crippen LogP contribution in [-0.4, -0.2) is 32.7 Å². The minimum Gasteiger partial charge on any atom is -0.497 e. The first-order valence-corrected chi connectivity index (χ1v) is 8.60. The third-order valence-corrected chi connectivity index (χ3v) is 4.64. The number of hydrogen-bond acceptors (Lipinski definition) is 3. The number of H-pyrrole nitrogens is 1. The highest BCUT2D eigenvalue weighted by molar-refractivity contribution is 5.87. The van der Waals surface area contributed by atoms with Crippen LogP contribution in [0.2, 0.25) is 0 Å². The average Bonchev–Trinajstić information content (AvgIpc) is 3.31. The molecule has 6 heteroatoms. The molecule has 27 heavy (non-hydrogen) atoms. The van der Waals surface area contributed by atoms with E-state index in [1.165, 1.54) is 0 Å². The lowest BCUT2D eigenvalue weighted by atomic mass is 10.1. The van der Waals surface area contributed by atoms with E-state index in [4.69, 9.17) is 9.84 Å². The minimum absolute atomic E-state index is 0.291. The van der Waals surface area contributed by atoms with Crippen LogP contribution >= 0.6 is 0 Å². The number of aromatic nitrogens is 3. The SMILES string of the molecule is COc1ccc2c(c1)c(Cc1ncc[nH]1)cn2Cc1ccc(C(=O)O)cc1. The topological polar surface area (TPSA) is 80.1 Å². The van der Waals surface area contributed by atoms with E-state index in [9.17, 15) is 4.79 Å². The first kappa shape index (κ1) is 16.9. The van der Waals surface area contributed by atoms with Gasteiger partial charge in [0.15, 0.2) is 0 Å². The zero-order valence-corrected chi connectivity index (χ0v) is 14.8. The lowest BCUT2D eigenvalue weighted by Crippen LogP contribution is -2.00. The number of hydrogen-bond donors (Lipinski definition) is 2. The van der Waals surface area contributed by atoms with Gasteiger partial charge in [0.25, 0.3) is 0 Å². The Morgan fingerprint density at radius 2 is 2.04 bits per heavy atom. The zero-order valence-electron chi connectivity index (χ0n) is 14.8. The Kier molecular flexibility index (Phi) is 4.38. The summed E-state index contributed by atoms with van der Waals surface area (Å²) >= 11 is 0. The van der Waals surface area contributed by atoms with Crippen molar-refractivity contribution in [1.29, 1.82) is 0 Å². The number of carboxylic acids is 1. The van der Waals surface area contributed by atoms with E-state index in [0.717, 1.165) is 33.6 Å². The van der Waals surface area contributed by atoms with E-state index in [0.29, 0.717) is 18.5 Å². The Bertz CT molecular complexity index is 1080. The van der Waals surface area contributed by atoms with Crippen LogP contribution in [0.5, 0.6) is 5.75 Å². The summed E-state index contributed by atoms with van der Waals surface area (Å²) in [6.45, 7) is 0.654. The number of carboxylic acid groups (broad SMARTS) is 1. The van der Waals surface area contributed by atoms with Gasteiger partial charge in [0, 0.05) is 42.5 Å². The lowest BCUT2D eigenvalue weighted by molar-refractivity contribution is 0.0697. The molecule has 0 radical (unpaired) electrons. The summed E-state index contributed by atoms with van der Waals surface area (Å²) < 4.78 is 7.56. The molecule has 0 spiro atoms. The van der Waals surface area contributed by atoms with E-state index in [2.05, 4.69) is 20.7 Å². The number of ether oxygens (including phenoxy) is 1. The highest BCUT2D eigenvalue weighted by Gasteiger charge is 2.12. The highest BCUT2D eigenvalue weighted by atomic mass is 16.5. The van der Waals surface area contributed by atoms with E-state index >= 15 is 0 Å². The van der Waals surface area contributed by atoms with E-state index < -0.39 is 5.97 Å². The predicted molar refractivity (Wildman–Crippen MR) is 102 cm³/mol. The number of imidazole rings is 1. The summed E-state index contributed by atoms with van der Waals surface area (Å²) in [4.78, 5) is 18.5. The molecule has 0 fully saturated rings. The van der Waals surface area contributed by atoms with Gasteiger partial charge >= 0.3 is 5.97 Å². The van der Waals surface area contributed by atoms with Gasteiger partial charge < -0.3 is 19.4 Å². The second-order valence-corrected chi connectivity index (χ2v) is 6.38. The third-order valence-electron chi connectivity index (χ3n) is 4.64. The van der Waals surface area contributed by atoms with Crippen LogP contribution in [0, 0.1) is 0 Å². The zero-order chi connectivity index (χ0) is 18.8. The number of benzene rings is 2. The molecule has 0 aliphatic heterocycles. The van der Waals surface area contributed by atoms with Crippen molar-refractivity contribution >= 4 is 16.9 Å². The highest BCUT2D eigenvalue weighted by Crippen LogP contribution is 2.28. The molecular formula is C21H19N3O3. The summed E-state index contributed by atoms with van der Waals surface area (Å²) in [7, 11) is 1.66. The fraction of sp³-hybridized carbons (Fsp3) is 0.143. The van der Waals surface area contributed by atoms with Crippen LogP contribution in [0.4, 0.5) is 0 Å². The average molecular weight is 361 g/mol. The van der Waals surface area contributed by atoms with Gasteiger partial charge in [-0.1, -0.05) is 12.1 Å². The number of methoxy groups -OCH3 is 1. The van der Waals surface area contributed by atoms with Gasteiger partial charge in [0.2, 0.25) is 0 Å². The Balaban J connectivity index is 1.72. The van der Waals surface area contributed by atoms with Gasteiger partial charge in [-0.25, -0.2) is 9.78 Å². The number of rotatable bonds is 6. The van der Waals surface area contributed by atoms with Crippen molar-refractivity contribution in [3.05, 3.63) is 83.6 Å². The maximum Gasteiger partial charge on any atom is 0.335 e. The summed E-state index contributed by atoms with van der Waals surface area (Å²) in [5.74, 6) is 0.801. The Morgan fingerprint density at radius 3 is 2.70 bits per heavy atom. The molecule has 0 aliphatic rings. The van der Waals surface area contributed by atoms with Crippen LogP contribution in [0.15, 0.2) is 61.1 Å². The van der Waals surface area contributed by atoms with Gasteiger partial charge in [-0.15, -0.1) is 0 Å². The van der Waals surface area contributed by atoms with Crippen molar-refractivity contribution < 1.29 is 14.6 Å². The number of carbonyl (C=O) groups is 1. The molecule has 2 aromatic heterocycles. The maximum atomic E-state index is 11.0. The number of nitrogens with zero attached hydrogens (tertiary/aromatic N) is 2. The summed E-state index contributed by atoms with van der Waals surface area (Å²) in [6, 6.07) is 13.0. The molecule has 0 saturated carbocycles. The van der Waals surface area contributed by atoms with Crippen molar-refractivity contribution in [2.75, 3.05) is 7.11 Å². The van der Waals surface area contributed by atoms with E-state index in [-0.39, 0.29) is 0 Å². The number of fused-ring (bicyclic) bond motifs is 1. The third kappa shape index (κ3) is 3.42. The molecule has 0 saturated heterocycles. The van der Waals surface area contributed by atoms with Crippen molar-refractivity contribution in [3.8, 4) is 5.75 Å². The number of aromatic amines is 1. The van der Waals surface area contributed by atoms with Gasteiger partial charge in [-0.3, -0.25) is 0 Å². The first-order chi connectivity index (χ1) is 13.1. The standard InChI is InChI=1S/C21H19N3O3/c1-27-17-6-7-19-18(11-17)16(10-20-22-8-9-23-20)13-24(19)12-14-2-4-15(5-3-14)21(25)26/h2-9,11,13H,10,12H2,1H3,(H,22,23)(H,25,26). The lowest BCUT2D eigenvalue weighted by Gasteiger charge is -2.07. The monoisotopic (exact) mass is 361 g/mol. The minimum atomic E-state index is -0.916. The van der Waals surface area contributed by atoms with Crippen LogP contribution < -0.4 is 4.74 Å². The summed E-state index contributed by atoms with van der Waals surface area (Å²) in [5.41, 5.74) is 3.58. The van der Waals surface area contributed by atoms with E-state index in [1.54, 1.807) is 25.4 Å². The smallest absolute Gasteiger partial charge is 0.335 e. The van der Waals surface area contributed by atoms with Crippen LogP contribution in [-0.2, 0) is 13.0 Å². The number of aromatic carboxylic acids is 1. The van der Waals surface area contributed by atoms with E-state index in [1.807, 2.05) is 36.5 Å². The molecule has 136 valence electrons. The molecule has 0 atom stereocenters. The molecule has 0 aliphatic carbocycles. The van der Waals surface area contributed by atoms with Crippen LogP contribution in [0.25, 0.3) is 10.9 Å². The van der Waals surface area contributed by atoms with Crippen molar-refractivity contribution in [2.24, 2.45) is 0 Å². The molecule has 4 aromatic rings. The second-order valence-electron chi connectivity index (χ2n) is 6.38. The predicted octanol–water partition coefficient (Wildman–Crippen LogP) is 3.71. The molecule has 0 unspecified atom stereocenters. The van der Waals surface area contributed by atoms with Gasteiger partial charge in [-0.2, -0.15) is 0 Å². The normalized spacial score (nSPS) is 11.0. The first-order valence-electron chi connectivity index (χ1n) is 8.60. The van der Waals surface area contributed by atoms with Gasteiger partial charge in [-0.05, 0) is 41.5 Å². The fourth-order valence-corrected chi connectivity index (χ4v) is 3.27. The fourth-order valence-electron chi connectivity index (χ4n) is 3.27. The van der Waals surface area contributed by atoms with Gasteiger partial charge in [0.05, 0.1) is 12.7 Å². The Hall–Kier alpha value is -3.54. The molecule has 4 rings (SSSR count). The Morgan fingerprint density at radius 1 is 1.22 bits per heavy atom. The van der Waals surface area contributed by atoms with Crippen LogP contribution in [0.3, 0.4) is 0 Å². The molecule has 2 N–H and O–H groups in total. The van der Waals surface area contributed by atoms with Crippen LogP contribution in [0.1, 0.15) is 27.3 Å². The van der Waals surface area contributed by atoms with Crippen molar-refractivity contribution in [2.45, 2.75) is 13.0 Å². The van der Waals surface area contributed by atoms with Gasteiger partial charge in [0.1, 0.15) is 11.6 Å². The summed E-state index contributed by atoms with van der Waals surface area (Å²) in [6.07, 6.45) is 6.39. The van der Waals surface area contributed by atoms with Crippen molar-refractivity contribution in [3.63, 3.8) is 0 Å². The molecule has 2 aromatic carbocycles. The molecule has 6 nitrogen and oxygen atoms in total.